The number of nitrogens with zero attached hydrogens (tertiary/aromatic N) is 3. The van der Waals surface area contributed by atoms with Crippen LogP contribution < -0.4 is 0 Å². The van der Waals surface area contributed by atoms with Gasteiger partial charge in [-0.1, -0.05) is 0 Å². The van der Waals surface area contributed by atoms with Gasteiger partial charge in [0, 0.05) is 19.3 Å². The fourth-order valence-electron chi connectivity index (χ4n) is 2.31. The van der Waals surface area contributed by atoms with Gasteiger partial charge in [-0.3, -0.25) is 9.48 Å². The van der Waals surface area contributed by atoms with E-state index in [2.05, 4.69) is 5.10 Å². The largest absolute Gasteiger partial charge is 0.480 e. The van der Waals surface area contributed by atoms with Crippen LogP contribution in [-0.2, 0) is 11.3 Å². The van der Waals surface area contributed by atoms with E-state index in [1.165, 1.54) is 11.1 Å². The van der Waals surface area contributed by atoms with Gasteiger partial charge in [0.05, 0.1) is 11.8 Å². The first-order valence-corrected chi connectivity index (χ1v) is 6.07. The fourth-order valence-corrected chi connectivity index (χ4v) is 2.31. The highest BCUT2D eigenvalue weighted by Gasteiger charge is 2.46. The first kappa shape index (κ1) is 12.6. The summed E-state index contributed by atoms with van der Waals surface area (Å²) in [7, 11) is 0. The summed E-state index contributed by atoms with van der Waals surface area (Å²) in [5.41, 5.74) is -0.642. The lowest BCUT2D eigenvalue weighted by Crippen LogP contribution is -2.50. The molecule has 1 fully saturated rings. The summed E-state index contributed by atoms with van der Waals surface area (Å²) < 4.78 is 1.65. The Morgan fingerprint density at radius 3 is 2.83 bits per heavy atom. The van der Waals surface area contributed by atoms with E-state index in [4.69, 9.17) is 0 Å². The van der Waals surface area contributed by atoms with E-state index >= 15 is 0 Å². The van der Waals surface area contributed by atoms with E-state index in [0.29, 0.717) is 25.1 Å². The Morgan fingerprint density at radius 2 is 2.28 bits per heavy atom. The number of carbonyl (C=O) groups is 2. The Labute approximate surface area is 105 Å². The van der Waals surface area contributed by atoms with Gasteiger partial charge in [-0.15, -0.1) is 0 Å². The number of aliphatic carboxylic acids is 1. The molecule has 1 saturated heterocycles. The molecule has 1 aromatic rings. The summed E-state index contributed by atoms with van der Waals surface area (Å²) >= 11 is 0. The lowest BCUT2D eigenvalue weighted by molar-refractivity contribution is -0.147. The topological polar surface area (TPSA) is 75.4 Å². The molecule has 1 amide bonds. The van der Waals surface area contributed by atoms with Crippen molar-refractivity contribution in [2.45, 2.75) is 38.8 Å². The first-order chi connectivity index (χ1) is 8.49. The minimum Gasteiger partial charge on any atom is -0.480 e. The molecule has 0 bridgehead atoms. The predicted molar refractivity (Wildman–Crippen MR) is 64.2 cm³/mol. The molecule has 0 aliphatic carbocycles. The van der Waals surface area contributed by atoms with Crippen LogP contribution in [0.15, 0.2) is 12.4 Å². The number of carboxylic acid groups (broad SMARTS) is 1. The predicted octanol–water partition coefficient (Wildman–Crippen LogP) is 0.982. The van der Waals surface area contributed by atoms with Crippen molar-refractivity contribution in [1.29, 1.82) is 0 Å². The lowest BCUT2D eigenvalue weighted by Gasteiger charge is -2.30. The van der Waals surface area contributed by atoms with E-state index in [1.807, 2.05) is 6.92 Å². The van der Waals surface area contributed by atoms with E-state index in [0.717, 1.165) is 6.42 Å². The van der Waals surface area contributed by atoms with Gasteiger partial charge in [0.15, 0.2) is 0 Å². The van der Waals surface area contributed by atoms with Crippen LogP contribution in [0.5, 0.6) is 0 Å². The third-order valence-electron chi connectivity index (χ3n) is 3.55. The van der Waals surface area contributed by atoms with Crippen LogP contribution in [0.2, 0.25) is 0 Å². The Hall–Kier alpha value is -1.85. The number of likely N-dealkylation sites (tertiary alicyclic amines) is 1. The van der Waals surface area contributed by atoms with Gasteiger partial charge in [-0.25, -0.2) is 4.79 Å². The Bertz CT molecular complexity index is 483. The van der Waals surface area contributed by atoms with Gasteiger partial charge in [-0.2, -0.15) is 5.10 Å². The number of hydrogen-bond donors (Lipinski definition) is 1. The maximum absolute atomic E-state index is 12.3. The standard InChI is InChI=1S/C12H17N3O3/c1-3-14-8-9(7-13-14)10(16)15-6-4-5-12(15,2)11(17)18/h7-8H,3-6H2,1-2H3,(H,17,18). The van der Waals surface area contributed by atoms with Crippen molar-refractivity contribution >= 4 is 11.9 Å². The second-order valence-corrected chi connectivity index (χ2v) is 4.72. The number of carbonyl (C=O) groups excluding carboxylic acids is 1. The van der Waals surface area contributed by atoms with Crippen LogP contribution in [0, 0.1) is 0 Å². The molecule has 2 heterocycles. The van der Waals surface area contributed by atoms with Crippen molar-refractivity contribution in [3.05, 3.63) is 18.0 Å². The van der Waals surface area contributed by atoms with Crippen LogP contribution in [0.25, 0.3) is 0 Å². The van der Waals surface area contributed by atoms with Gasteiger partial charge in [0.2, 0.25) is 0 Å². The Kier molecular flexibility index (Phi) is 3.11. The zero-order valence-electron chi connectivity index (χ0n) is 10.6. The zero-order chi connectivity index (χ0) is 13.3. The number of amides is 1. The second-order valence-electron chi connectivity index (χ2n) is 4.72. The maximum Gasteiger partial charge on any atom is 0.329 e. The highest BCUT2D eigenvalue weighted by molar-refractivity contribution is 5.97. The van der Waals surface area contributed by atoms with Gasteiger partial charge >= 0.3 is 5.97 Å². The molecular formula is C12H17N3O3. The minimum atomic E-state index is -1.09. The Balaban J connectivity index is 2.25. The van der Waals surface area contributed by atoms with E-state index < -0.39 is 11.5 Å². The van der Waals surface area contributed by atoms with E-state index in [1.54, 1.807) is 17.8 Å². The average molecular weight is 251 g/mol. The van der Waals surface area contributed by atoms with Gasteiger partial charge in [0.1, 0.15) is 5.54 Å². The Morgan fingerprint density at radius 1 is 1.56 bits per heavy atom. The fraction of sp³-hybridized carbons (Fsp3) is 0.583. The number of aryl methyl sites for hydroxylation is 1. The molecule has 1 atom stereocenters. The minimum absolute atomic E-state index is 0.253. The summed E-state index contributed by atoms with van der Waals surface area (Å²) in [6.07, 6.45) is 4.36. The molecule has 6 nitrogen and oxygen atoms in total. The summed E-state index contributed by atoms with van der Waals surface area (Å²) in [6.45, 7) is 4.70. The molecule has 6 heteroatoms. The summed E-state index contributed by atoms with van der Waals surface area (Å²) in [5, 5.41) is 13.3. The van der Waals surface area contributed by atoms with Crippen LogP contribution in [0.4, 0.5) is 0 Å². The van der Waals surface area contributed by atoms with Crippen molar-refractivity contribution in [1.82, 2.24) is 14.7 Å². The quantitative estimate of drug-likeness (QED) is 0.869. The molecule has 0 aromatic carbocycles. The third-order valence-corrected chi connectivity index (χ3v) is 3.55. The molecular weight excluding hydrogens is 234 g/mol. The van der Waals surface area contributed by atoms with Crippen LogP contribution in [0.3, 0.4) is 0 Å². The number of rotatable bonds is 3. The third kappa shape index (κ3) is 1.87. The van der Waals surface area contributed by atoms with Crippen molar-refractivity contribution in [3.63, 3.8) is 0 Å². The van der Waals surface area contributed by atoms with Crippen molar-refractivity contribution in [2.75, 3.05) is 6.54 Å². The summed E-state index contributed by atoms with van der Waals surface area (Å²) in [4.78, 5) is 25.1. The molecule has 1 unspecified atom stereocenters. The highest BCUT2D eigenvalue weighted by atomic mass is 16.4. The molecule has 0 radical (unpaired) electrons. The van der Waals surface area contributed by atoms with Gasteiger partial charge in [-0.05, 0) is 26.7 Å². The highest BCUT2D eigenvalue weighted by Crippen LogP contribution is 2.30. The SMILES string of the molecule is CCn1cc(C(=O)N2CCCC2(C)C(=O)O)cn1. The van der Waals surface area contributed by atoms with Crippen molar-refractivity contribution in [3.8, 4) is 0 Å². The second kappa shape index (κ2) is 4.44. The summed E-state index contributed by atoms with van der Waals surface area (Å²) in [6, 6.07) is 0. The number of aromatic nitrogens is 2. The molecule has 0 saturated carbocycles. The molecule has 18 heavy (non-hydrogen) atoms. The van der Waals surface area contributed by atoms with E-state index in [9.17, 15) is 14.7 Å². The molecule has 1 aromatic heterocycles. The number of carboxylic acids is 1. The smallest absolute Gasteiger partial charge is 0.329 e. The van der Waals surface area contributed by atoms with Crippen LogP contribution >= 0.6 is 0 Å². The normalized spacial score (nSPS) is 23.3. The van der Waals surface area contributed by atoms with E-state index in [-0.39, 0.29) is 5.91 Å². The average Bonchev–Trinajstić information content (AvgIpc) is 2.95. The first-order valence-electron chi connectivity index (χ1n) is 6.07. The van der Waals surface area contributed by atoms with Crippen LogP contribution in [-0.4, -0.2) is 43.7 Å². The molecule has 1 aliphatic rings. The number of hydrogen-bond acceptors (Lipinski definition) is 3. The van der Waals surface area contributed by atoms with Crippen molar-refractivity contribution in [2.24, 2.45) is 0 Å². The molecule has 0 spiro atoms. The molecule has 1 aliphatic heterocycles. The molecule has 98 valence electrons. The summed E-state index contributed by atoms with van der Waals surface area (Å²) in [5.74, 6) is -1.20. The van der Waals surface area contributed by atoms with Crippen molar-refractivity contribution < 1.29 is 14.7 Å². The van der Waals surface area contributed by atoms with Gasteiger partial charge < -0.3 is 10.0 Å². The zero-order valence-corrected chi connectivity index (χ0v) is 10.6. The molecule has 2 rings (SSSR count). The maximum atomic E-state index is 12.3. The van der Waals surface area contributed by atoms with Crippen LogP contribution in [0.1, 0.15) is 37.0 Å². The lowest BCUT2D eigenvalue weighted by atomic mass is 9.99. The monoisotopic (exact) mass is 251 g/mol. The van der Waals surface area contributed by atoms with Gasteiger partial charge in [0.25, 0.3) is 5.91 Å². The molecule has 1 N–H and O–H groups in total.